The molecule has 0 saturated heterocycles. The molecule has 1 aromatic carbocycles. The third kappa shape index (κ3) is 7.29. The van der Waals surface area contributed by atoms with Crippen molar-refractivity contribution in [2.45, 2.75) is 106 Å². The van der Waals surface area contributed by atoms with Gasteiger partial charge in [0.05, 0.1) is 0 Å². The Labute approximate surface area is 171 Å². The normalized spacial score (nSPS) is 10.8. The van der Waals surface area contributed by atoms with Gasteiger partial charge in [0, 0.05) is 24.2 Å². The van der Waals surface area contributed by atoms with Gasteiger partial charge in [-0.05, 0) is 62.8 Å². The Morgan fingerprint density at radius 2 is 0.893 bits per heavy atom. The van der Waals surface area contributed by atoms with Crippen molar-refractivity contribution in [3.05, 3.63) is 22.3 Å². The molecule has 0 heterocycles. The molecule has 0 spiro atoms. The number of nitrogens with one attached hydrogen (secondary N) is 2. The SMILES string of the molecule is CCCCCCC(=O)Nc1c(C)c(C)c(NC(=O)CCCCCC)c(C)c1C. The number of unbranched alkanes of at least 4 members (excludes halogenated alkanes) is 6. The average Bonchev–Trinajstić information content (AvgIpc) is 2.67. The molecule has 1 aromatic rings. The van der Waals surface area contributed by atoms with Crippen molar-refractivity contribution in [3.8, 4) is 0 Å². The van der Waals surface area contributed by atoms with Gasteiger partial charge in [-0.25, -0.2) is 0 Å². The molecule has 28 heavy (non-hydrogen) atoms. The van der Waals surface area contributed by atoms with Gasteiger partial charge in [-0.15, -0.1) is 0 Å². The van der Waals surface area contributed by atoms with Crippen LogP contribution in [0.5, 0.6) is 0 Å². The Hall–Kier alpha value is -1.84. The molecule has 0 aliphatic carbocycles. The van der Waals surface area contributed by atoms with Crippen LogP contribution in [0.25, 0.3) is 0 Å². The molecule has 0 aromatic heterocycles. The summed E-state index contributed by atoms with van der Waals surface area (Å²) in [5.74, 6) is 0.155. The lowest BCUT2D eigenvalue weighted by molar-refractivity contribution is -0.117. The molecule has 4 heteroatoms. The summed E-state index contributed by atoms with van der Waals surface area (Å²) in [4.78, 5) is 24.7. The summed E-state index contributed by atoms with van der Waals surface area (Å²) in [6.07, 6.45) is 9.89. The molecule has 1 rings (SSSR count). The predicted molar refractivity (Wildman–Crippen MR) is 120 cm³/mol. The second-order valence-electron chi connectivity index (χ2n) is 7.97. The van der Waals surface area contributed by atoms with Gasteiger partial charge in [-0.2, -0.15) is 0 Å². The minimum absolute atomic E-state index is 0.0776. The van der Waals surface area contributed by atoms with E-state index in [4.69, 9.17) is 0 Å². The number of amides is 2. The summed E-state index contributed by atoms with van der Waals surface area (Å²) in [5, 5.41) is 6.23. The summed E-state index contributed by atoms with van der Waals surface area (Å²) in [6.45, 7) is 12.4. The highest BCUT2D eigenvalue weighted by Crippen LogP contribution is 2.34. The quantitative estimate of drug-likeness (QED) is 0.390. The summed E-state index contributed by atoms with van der Waals surface area (Å²) in [5.41, 5.74) is 5.93. The Kier molecular flexibility index (Phi) is 10.9. The van der Waals surface area contributed by atoms with E-state index in [1.807, 2.05) is 27.7 Å². The minimum Gasteiger partial charge on any atom is -0.326 e. The van der Waals surface area contributed by atoms with Gasteiger partial charge in [0.15, 0.2) is 0 Å². The molecule has 4 nitrogen and oxygen atoms in total. The summed E-state index contributed by atoms with van der Waals surface area (Å²) < 4.78 is 0. The lowest BCUT2D eigenvalue weighted by Gasteiger charge is -2.21. The fourth-order valence-electron chi connectivity index (χ4n) is 3.52. The monoisotopic (exact) mass is 388 g/mol. The molecule has 0 saturated carbocycles. The molecule has 0 atom stereocenters. The zero-order valence-electron chi connectivity index (χ0n) is 18.9. The number of anilines is 2. The molecule has 0 aliphatic heterocycles. The summed E-state index contributed by atoms with van der Waals surface area (Å²) in [7, 11) is 0. The van der Waals surface area contributed by atoms with Crippen LogP contribution in [0.3, 0.4) is 0 Å². The molecule has 0 unspecified atom stereocenters. The van der Waals surface area contributed by atoms with E-state index in [0.29, 0.717) is 12.8 Å². The van der Waals surface area contributed by atoms with Crippen LogP contribution in [0.4, 0.5) is 11.4 Å². The number of hydrogen-bond donors (Lipinski definition) is 2. The lowest BCUT2D eigenvalue weighted by atomic mass is 9.95. The number of carbonyl (C=O) groups is 2. The maximum absolute atomic E-state index is 12.4. The molecule has 0 fully saturated rings. The van der Waals surface area contributed by atoms with Crippen molar-refractivity contribution in [3.63, 3.8) is 0 Å². The van der Waals surface area contributed by atoms with Crippen molar-refractivity contribution < 1.29 is 9.59 Å². The zero-order chi connectivity index (χ0) is 21.1. The summed E-state index contributed by atoms with van der Waals surface area (Å²) >= 11 is 0. The molecule has 0 radical (unpaired) electrons. The molecule has 158 valence electrons. The first-order chi connectivity index (χ1) is 13.3. The lowest BCUT2D eigenvalue weighted by Crippen LogP contribution is -2.17. The van der Waals surface area contributed by atoms with Crippen molar-refractivity contribution in [1.29, 1.82) is 0 Å². The first kappa shape index (κ1) is 24.2. The van der Waals surface area contributed by atoms with Crippen LogP contribution in [0, 0.1) is 27.7 Å². The van der Waals surface area contributed by atoms with Gasteiger partial charge in [0.25, 0.3) is 0 Å². The number of benzene rings is 1. The highest BCUT2D eigenvalue weighted by atomic mass is 16.2. The van der Waals surface area contributed by atoms with Gasteiger partial charge < -0.3 is 10.6 Å². The first-order valence-corrected chi connectivity index (χ1v) is 11.0. The molecule has 0 aliphatic rings. The standard InChI is InChI=1S/C24H40N2O2/c1-7-9-11-13-15-21(27)25-23-17(3)19(5)24(20(6)18(23)4)26-22(28)16-14-12-10-8-2/h7-16H2,1-6H3,(H,25,27)(H,26,28). The first-order valence-electron chi connectivity index (χ1n) is 11.0. The highest BCUT2D eigenvalue weighted by molar-refractivity contribution is 5.96. The Morgan fingerprint density at radius 3 is 1.18 bits per heavy atom. The van der Waals surface area contributed by atoms with E-state index in [9.17, 15) is 9.59 Å². The van der Waals surface area contributed by atoms with E-state index in [1.165, 1.54) is 25.7 Å². The molecule has 2 amide bonds. The van der Waals surface area contributed by atoms with Crippen molar-refractivity contribution >= 4 is 23.2 Å². The van der Waals surface area contributed by atoms with Crippen LogP contribution in [0.1, 0.15) is 100 Å². The number of carbonyl (C=O) groups excluding carboxylic acids is 2. The Morgan fingerprint density at radius 1 is 0.571 bits per heavy atom. The Balaban J connectivity index is 2.83. The van der Waals surface area contributed by atoms with Gasteiger partial charge in [0.2, 0.25) is 11.8 Å². The maximum atomic E-state index is 12.4. The van der Waals surface area contributed by atoms with Crippen molar-refractivity contribution in [1.82, 2.24) is 0 Å². The minimum atomic E-state index is 0.0776. The van der Waals surface area contributed by atoms with Crippen LogP contribution in [0.2, 0.25) is 0 Å². The predicted octanol–water partition coefficient (Wildman–Crippen LogP) is 6.74. The van der Waals surface area contributed by atoms with Gasteiger partial charge in [0.1, 0.15) is 0 Å². The number of rotatable bonds is 12. The molecule has 0 bridgehead atoms. The second kappa shape index (κ2) is 12.6. The van der Waals surface area contributed by atoms with Gasteiger partial charge in [-0.3, -0.25) is 9.59 Å². The van der Waals surface area contributed by atoms with Gasteiger partial charge in [-0.1, -0.05) is 52.4 Å². The van der Waals surface area contributed by atoms with E-state index in [-0.39, 0.29) is 11.8 Å². The van der Waals surface area contributed by atoms with Crippen LogP contribution in [0.15, 0.2) is 0 Å². The number of hydrogen-bond acceptors (Lipinski definition) is 2. The smallest absolute Gasteiger partial charge is 0.224 e. The van der Waals surface area contributed by atoms with Crippen LogP contribution < -0.4 is 10.6 Å². The molecular formula is C24H40N2O2. The fraction of sp³-hybridized carbons (Fsp3) is 0.667. The van der Waals surface area contributed by atoms with E-state index in [0.717, 1.165) is 59.3 Å². The van der Waals surface area contributed by atoms with Gasteiger partial charge >= 0.3 is 0 Å². The van der Waals surface area contributed by atoms with E-state index >= 15 is 0 Å². The third-order valence-electron chi connectivity index (χ3n) is 5.67. The zero-order valence-corrected chi connectivity index (χ0v) is 18.9. The van der Waals surface area contributed by atoms with E-state index < -0.39 is 0 Å². The van der Waals surface area contributed by atoms with Crippen LogP contribution in [-0.4, -0.2) is 11.8 Å². The highest BCUT2D eigenvalue weighted by Gasteiger charge is 2.17. The van der Waals surface area contributed by atoms with E-state index in [1.54, 1.807) is 0 Å². The third-order valence-corrected chi connectivity index (χ3v) is 5.67. The average molecular weight is 389 g/mol. The van der Waals surface area contributed by atoms with Crippen molar-refractivity contribution in [2.75, 3.05) is 10.6 Å². The van der Waals surface area contributed by atoms with Crippen LogP contribution in [-0.2, 0) is 9.59 Å². The second-order valence-corrected chi connectivity index (χ2v) is 7.97. The maximum Gasteiger partial charge on any atom is 0.224 e. The van der Waals surface area contributed by atoms with E-state index in [2.05, 4.69) is 24.5 Å². The Bertz CT molecular complexity index is 579. The molecule has 2 N–H and O–H groups in total. The van der Waals surface area contributed by atoms with Crippen LogP contribution >= 0.6 is 0 Å². The van der Waals surface area contributed by atoms with Crippen molar-refractivity contribution in [2.24, 2.45) is 0 Å². The summed E-state index contributed by atoms with van der Waals surface area (Å²) in [6, 6.07) is 0. The largest absolute Gasteiger partial charge is 0.326 e. The fourth-order valence-corrected chi connectivity index (χ4v) is 3.52. The topological polar surface area (TPSA) is 58.2 Å². The molecular weight excluding hydrogens is 348 g/mol.